The van der Waals surface area contributed by atoms with Crippen LogP contribution in [0.1, 0.15) is 30.9 Å². The van der Waals surface area contributed by atoms with Crippen LogP contribution in [0, 0.1) is 11.8 Å². The summed E-state index contributed by atoms with van der Waals surface area (Å²) < 4.78 is 28.4. The van der Waals surface area contributed by atoms with E-state index < -0.39 is 16.0 Å². The molecule has 30 heavy (non-hydrogen) atoms. The van der Waals surface area contributed by atoms with Crippen molar-refractivity contribution in [2.24, 2.45) is 0 Å². The van der Waals surface area contributed by atoms with E-state index in [0.717, 1.165) is 11.3 Å². The average molecular weight is 447 g/mol. The summed E-state index contributed by atoms with van der Waals surface area (Å²) in [6.07, 6.45) is 0.603. The molecule has 0 bridgehead atoms. The Labute approximate surface area is 179 Å². The fourth-order valence-corrected chi connectivity index (χ4v) is 4.41. The largest absolute Gasteiger partial charge is 0.481 e. The van der Waals surface area contributed by atoms with Gasteiger partial charge in [0.05, 0.1) is 22.6 Å². The molecule has 1 aliphatic heterocycles. The van der Waals surface area contributed by atoms with E-state index in [9.17, 15) is 18.0 Å². The highest BCUT2D eigenvalue weighted by atomic mass is 35.5. The molecule has 9 heteroatoms. The molecule has 7 nitrogen and oxygen atoms in total. The van der Waals surface area contributed by atoms with Crippen LogP contribution < -0.4 is 9.62 Å². The summed E-state index contributed by atoms with van der Waals surface area (Å²) in [5, 5.41) is 9.08. The molecule has 0 fully saturated rings. The summed E-state index contributed by atoms with van der Waals surface area (Å²) >= 11 is 6.00. The molecule has 1 amide bonds. The number of anilines is 2. The number of amides is 1. The number of rotatable bonds is 5. The SMILES string of the molecule is CC(=O)N1CCc2cc(S(=O)(=O)Nc3ccc(Cl)cc3C#CCCC(=O)O)ccc21. The molecule has 2 aromatic rings. The first kappa shape index (κ1) is 21.7. The van der Waals surface area contributed by atoms with E-state index in [-0.39, 0.29) is 29.3 Å². The standard InChI is InChI=1S/C21H19ClN2O5S/c1-14(25)24-11-10-16-13-18(7-9-20(16)24)30(28,29)23-19-8-6-17(22)12-15(19)4-2-3-5-21(26)27/h6-9,12-13,23H,3,5,10-11H2,1H3,(H,26,27). The minimum atomic E-state index is -3.91. The van der Waals surface area contributed by atoms with Crippen LogP contribution in [0.5, 0.6) is 0 Å². The third-order valence-corrected chi connectivity index (χ3v) is 6.15. The van der Waals surface area contributed by atoms with Crippen LogP contribution in [-0.2, 0) is 26.0 Å². The zero-order valence-corrected chi connectivity index (χ0v) is 17.7. The second kappa shape index (κ2) is 8.78. The number of sulfonamides is 1. The second-order valence-corrected chi connectivity index (χ2v) is 8.82. The van der Waals surface area contributed by atoms with Crippen molar-refractivity contribution in [3.05, 3.63) is 52.5 Å². The Morgan fingerprint density at radius 1 is 1.23 bits per heavy atom. The topological polar surface area (TPSA) is 104 Å². The van der Waals surface area contributed by atoms with Crippen LogP contribution in [0.4, 0.5) is 11.4 Å². The number of aliphatic carboxylic acids is 1. The minimum Gasteiger partial charge on any atom is -0.481 e. The lowest BCUT2D eigenvalue weighted by molar-refractivity contribution is -0.136. The van der Waals surface area contributed by atoms with Crippen LogP contribution in [0.3, 0.4) is 0 Å². The predicted molar refractivity (Wildman–Crippen MR) is 114 cm³/mol. The van der Waals surface area contributed by atoms with Gasteiger partial charge >= 0.3 is 5.97 Å². The maximum absolute atomic E-state index is 12.9. The number of fused-ring (bicyclic) bond motifs is 1. The fourth-order valence-electron chi connectivity index (χ4n) is 3.11. The first-order valence-corrected chi connectivity index (χ1v) is 11.0. The monoisotopic (exact) mass is 446 g/mol. The van der Waals surface area contributed by atoms with Crippen molar-refractivity contribution < 1.29 is 23.1 Å². The second-order valence-electron chi connectivity index (χ2n) is 6.70. The van der Waals surface area contributed by atoms with Gasteiger partial charge in [0, 0.05) is 30.6 Å². The summed E-state index contributed by atoms with van der Waals surface area (Å²) in [5.74, 6) is 4.44. The molecule has 2 N–H and O–H groups in total. The van der Waals surface area contributed by atoms with Gasteiger partial charge in [-0.2, -0.15) is 0 Å². The average Bonchev–Trinajstić information content (AvgIpc) is 3.10. The Balaban J connectivity index is 1.87. The quantitative estimate of drug-likeness (QED) is 0.686. The molecule has 0 radical (unpaired) electrons. The first-order valence-electron chi connectivity index (χ1n) is 9.11. The number of hydrogen-bond donors (Lipinski definition) is 2. The van der Waals surface area contributed by atoms with E-state index in [1.165, 1.54) is 31.2 Å². The fraction of sp³-hybridized carbons (Fsp3) is 0.238. The van der Waals surface area contributed by atoms with Crippen molar-refractivity contribution in [3.63, 3.8) is 0 Å². The highest BCUT2D eigenvalue weighted by Gasteiger charge is 2.25. The molecule has 1 aliphatic rings. The van der Waals surface area contributed by atoms with E-state index >= 15 is 0 Å². The maximum atomic E-state index is 12.9. The molecular formula is C21H19ClN2O5S. The Morgan fingerprint density at radius 3 is 2.70 bits per heavy atom. The Morgan fingerprint density at radius 2 is 2.00 bits per heavy atom. The van der Waals surface area contributed by atoms with Gasteiger partial charge in [-0.05, 0) is 48.4 Å². The summed E-state index contributed by atoms with van der Waals surface area (Å²) in [4.78, 5) is 24.0. The number of carbonyl (C=O) groups is 2. The molecule has 0 aliphatic carbocycles. The van der Waals surface area contributed by atoms with Gasteiger partial charge in [-0.1, -0.05) is 23.4 Å². The van der Waals surface area contributed by atoms with Crippen molar-refractivity contribution >= 4 is 44.9 Å². The molecule has 0 spiro atoms. The van der Waals surface area contributed by atoms with Gasteiger partial charge in [-0.3, -0.25) is 14.3 Å². The Hall–Kier alpha value is -3.02. The molecule has 0 aromatic heterocycles. The number of nitrogens with zero attached hydrogens (tertiary/aromatic N) is 1. The first-order chi connectivity index (χ1) is 14.2. The van der Waals surface area contributed by atoms with Gasteiger partial charge in [-0.15, -0.1) is 0 Å². The number of carboxylic acids is 1. The molecule has 1 heterocycles. The van der Waals surface area contributed by atoms with Crippen LogP contribution >= 0.6 is 11.6 Å². The molecule has 0 saturated heterocycles. The highest BCUT2D eigenvalue weighted by molar-refractivity contribution is 7.92. The van der Waals surface area contributed by atoms with Crippen molar-refractivity contribution in [1.29, 1.82) is 0 Å². The van der Waals surface area contributed by atoms with Crippen molar-refractivity contribution in [2.45, 2.75) is 31.1 Å². The molecule has 3 rings (SSSR count). The van der Waals surface area contributed by atoms with E-state index in [4.69, 9.17) is 16.7 Å². The Bertz CT molecular complexity index is 1180. The van der Waals surface area contributed by atoms with Crippen LogP contribution in [0.15, 0.2) is 41.3 Å². The highest BCUT2D eigenvalue weighted by Crippen LogP contribution is 2.31. The van der Waals surface area contributed by atoms with Gasteiger partial charge in [0.1, 0.15) is 0 Å². The van der Waals surface area contributed by atoms with E-state index in [1.54, 1.807) is 17.0 Å². The number of carboxylic acid groups (broad SMARTS) is 1. The summed E-state index contributed by atoms with van der Waals surface area (Å²) in [7, 11) is -3.91. The summed E-state index contributed by atoms with van der Waals surface area (Å²) in [6, 6.07) is 9.21. The lowest BCUT2D eigenvalue weighted by Gasteiger charge is -2.15. The zero-order chi connectivity index (χ0) is 21.9. The molecule has 0 saturated carbocycles. The Kier molecular flexibility index (Phi) is 6.34. The van der Waals surface area contributed by atoms with Crippen molar-refractivity contribution in [3.8, 4) is 11.8 Å². The van der Waals surface area contributed by atoms with Crippen molar-refractivity contribution in [2.75, 3.05) is 16.2 Å². The lowest BCUT2D eigenvalue weighted by atomic mass is 10.2. The molecule has 0 unspecified atom stereocenters. The number of nitrogens with one attached hydrogen (secondary N) is 1. The lowest BCUT2D eigenvalue weighted by Crippen LogP contribution is -2.25. The smallest absolute Gasteiger partial charge is 0.304 e. The van der Waals surface area contributed by atoms with Gasteiger partial charge < -0.3 is 10.0 Å². The van der Waals surface area contributed by atoms with Crippen LogP contribution in [0.25, 0.3) is 0 Å². The van der Waals surface area contributed by atoms with E-state index in [1.807, 2.05) is 0 Å². The molecule has 2 aromatic carbocycles. The van der Waals surface area contributed by atoms with Crippen LogP contribution in [0.2, 0.25) is 5.02 Å². The normalized spacial score (nSPS) is 12.7. The number of benzene rings is 2. The van der Waals surface area contributed by atoms with Gasteiger partial charge in [0.2, 0.25) is 5.91 Å². The summed E-state index contributed by atoms with van der Waals surface area (Å²) in [6.45, 7) is 2.00. The van der Waals surface area contributed by atoms with E-state index in [0.29, 0.717) is 23.6 Å². The van der Waals surface area contributed by atoms with Gasteiger partial charge in [0.25, 0.3) is 10.0 Å². The zero-order valence-electron chi connectivity index (χ0n) is 16.1. The van der Waals surface area contributed by atoms with Gasteiger partial charge in [-0.25, -0.2) is 8.42 Å². The number of halogens is 1. The number of hydrogen-bond acceptors (Lipinski definition) is 4. The predicted octanol–water partition coefficient (Wildman–Crippen LogP) is 3.27. The van der Waals surface area contributed by atoms with Crippen LogP contribution in [-0.4, -0.2) is 31.9 Å². The van der Waals surface area contributed by atoms with Gasteiger partial charge in [0.15, 0.2) is 0 Å². The van der Waals surface area contributed by atoms with Crippen molar-refractivity contribution in [1.82, 2.24) is 0 Å². The molecular weight excluding hydrogens is 428 g/mol. The third kappa shape index (κ3) is 4.93. The molecule has 156 valence electrons. The third-order valence-electron chi connectivity index (χ3n) is 4.55. The minimum absolute atomic E-state index is 0.0754. The number of carbonyl (C=O) groups excluding carboxylic acids is 1. The summed E-state index contributed by atoms with van der Waals surface area (Å²) in [5.41, 5.74) is 2.10. The van der Waals surface area contributed by atoms with E-state index in [2.05, 4.69) is 16.6 Å². The molecule has 0 atom stereocenters. The maximum Gasteiger partial charge on any atom is 0.304 e.